The predicted molar refractivity (Wildman–Crippen MR) is 288 cm³/mol. The van der Waals surface area contributed by atoms with Crippen LogP contribution in [0.3, 0.4) is 0 Å². The van der Waals surface area contributed by atoms with Gasteiger partial charge in [0, 0.05) is 19.3 Å². The first-order valence-corrected chi connectivity index (χ1v) is 25.7. The molecule has 0 fully saturated rings. The highest BCUT2D eigenvalue weighted by molar-refractivity contribution is 5.71. The van der Waals surface area contributed by atoms with Gasteiger partial charge in [-0.3, -0.25) is 14.4 Å². The molecule has 0 heterocycles. The van der Waals surface area contributed by atoms with Crippen LogP contribution in [0, 0.1) is 0 Å². The van der Waals surface area contributed by atoms with Crippen molar-refractivity contribution >= 4 is 17.9 Å². The number of esters is 3. The van der Waals surface area contributed by atoms with Crippen LogP contribution < -0.4 is 0 Å². The number of carbonyl (C=O) groups is 3. The van der Waals surface area contributed by atoms with E-state index < -0.39 is 6.10 Å². The van der Waals surface area contributed by atoms with Crippen molar-refractivity contribution in [2.75, 3.05) is 13.2 Å². The van der Waals surface area contributed by atoms with Gasteiger partial charge >= 0.3 is 17.9 Å². The standard InChI is InChI=1S/C61H90O6/c1-4-7-10-13-16-19-22-25-27-29-31-33-34-36-39-42-45-48-51-54-60(63)66-57-58(56-65-59(62)53-50-47-44-41-38-24-21-18-15-12-9-6-3)67-61(64)55-52-49-46-43-40-37-35-32-30-28-26-23-20-17-14-11-8-5-2/h7,9-12,14,16-21,23,25-28,30-33,35-36,38-39,41,45,48,58H,4-6,8,13,15,22,24,29,34,37,40,42-44,46-47,49-57H2,1-3H3/b10-7-,12-9-,14-11-,19-16-,20-17-,21-18-,26-23-,27-25-,30-28-,33-31-,35-32-,39-36-,41-38-,48-45-. The van der Waals surface area contributed by atoms with Gasteiger partial charge in [-0.25, -0.2) is 0 Å². The molecule has 0 aliphatic heterocycles. The number of allylic oxidation sites excluding steroid dienone is 28. The number of rotatable bonds is 43. The van der Waals surface area contributed by atoms with Crippen molar-refractivity contribution in [2.24, 2.45) is 0 Å². The molecule has 0 aliphatic rings. The van der Waals surface area contributed by atoms with E-state index in [9.17, 15) is 14.4 Å². The zero-order valence-electron chi connectivity index (χ0n) is 42.1. The lowest BCUT2D eigenvalue weighted by Gasteiger charge is -2.18. The molecule has 0 aromatic rings. The molecule has 0 N–H and O–H groups in total. The van der Waals surface area contributed by atoms with Crippen LogP contribution in [-0.2, 0) is 28.6 Å². The van der Waals surface area contributed by atoms with Crippen LogP contribution in [0.2, 0.25) is 0 Å². The molecule has 6 nitrogen and oxygen atoms in total. The van der Waals surface area contributed by atoms with Crippen molar-refractivity contribution < 1.29 is 28.6 Å². The number of ether oxygens (including phenoxy) is 3. The summed E-state index contributed by atoms with van der Waals surface area (Å²) in [4.78, 5) is 38.0. The second-order valence-corrected chi connectivity index (χ2v) is 16.1. The van der Waals surface area contributed by atoms with Crippen molar-refractivity contribution in [3.05, 3.63) is 170 Å². The summed E-state index contributed by atoms with van der Waals surface area (Å²) in [6.45, 7) is 6.16. The molecule has 0 saturated carbocycles. The number of hydrogen-bond acceptors (Lipinski definition) is 6. The summed E-state index contributed by atoms with van der Waals surface area (Å²) in [5.41, 5.74) is 0. The summed E-state index contributed by atoms with van der Waals surface area (Å²) in [6, 6.07) is 0. The summed E-state index contributed by atoms with van der Waals surface area (Å²) in [7, 11) is 0. The Morgan fingerprint density at radius 3 is 1.16 bits per heavy atom. The molecular weight excluding hydrogens is 829 g/mol. The molecule has 67 heavy (non-hydrogen) atoms. The molecule has 0 aliphatic carbocycles. The summed E-state index contributed by atoms with van der Waals surface area (Å²) in [5, 5.41) is 0. The predicted octanol–water partition coefficient (Wildman–Crippen LogP) is 17.2. The number of unbranched alkanes of at least 4 members (excludes halogenated alkanes) is 8. The Balaban J connectivity index is 4.64. The zero-order valence-corrected chi connectivity index (χ0v) is 42.1. The minimum absolute atomic E-state index is 0.141. The van der Waals surface area contributed by atoms with Gasteiger partial charge < -0.3 is 14.2 Å². The van der Waals surface area contributed by atoms with Gasteiger partial charge in [-0.2, -0.15) is 0 Å². The summed E-state index contributed by atoms with van der Waals surface area (Å²) < 4.78 is 16.7. The van der Waals surface area contributed by atoms with Gasteiger partial charge in [0.05, 0.1) is 0 Å². The second kappa shape index (κ2) is 53.4. The molecule has 6 heteroatoms. The van der Waals surface area contributed by atoms with Gasteiger partial charge in [-0.1, -0.05) is 217 Å². The van der Waals surface area contributed by atoms with E-state index in [1.807, 2.05) is 48.6 Å². The monoisotopic (exact) mass is 919 g/mol. The zero-order chi connectivity index (χ0) is 48.6. The number of carbonyl (C=O) groups excluding carboxylic acids is 3. The molecule has 1 unspecified atom stereocenters. The van der Waals surface area contributed by atoms with Crippen molar-refractivity contribution in [1.82, 2.24) is 0 Å². The van der Waals surface area contributed by atoms with Gasteiger partial charge in [0.2, 0.25) is 0 Å². The molecule has 0 spiro atoms. The van der Waals surface area contributed by atoms with E-state index in [0.717, 1.165) is 109 Å². The van der Waals surface area contributed by atoms with E-state index in [0.29, 0.717) is 19.3 Å². The third kappa shape index (κ3) is 51.6. The second-order valence-electron chi connectivity index (χ2n) is 16.1. The molecule has 1 atom stereocenters. The van der Waals surface area contributed by atoms with E-state index >= 15 is 0 Å². The highest BCUT2D eigenvalue weighted by Gasteiger charge is 2.19. The fraction of sp³-hybridized carbons (Fsp3) is 0.492. The first kappa shape index (κ1) is 61.8. The van der Waals surface area contributed by atoms with Crippen LogP contribution in [0.5, 0.6) is 0 Å². The van der Waals surface area contributed by atoms with Crippen LogP contribution in [-0.4, -0.2) is 37.2 Å². The average Bonchev–Trinajstić information content (AvgIpc) is 3.33. The van der Waals surface area contributed by atoms with Crippen LogP contribution in [0.15, 0.2) is 170 Å². The van der Waals surface area contributed by atoms with Crippen molar-refractivity contribution in [1.29, 1.82) is 0 Å². The summed E-state index contributed by atoms with van der Waals surface area (Å²) in [5.74, 6) is -1.11. The molecule has 0 aromatic heterocycles. The molecule has 370 valence electrons. The van der Waals surface area contributed by atoms with Crippen LogP contribution in [0.4, 0.5) is 0 Å². The molecule has 0 amide bonds. The Kier molecular flexibility index (Phi) is 49.2. The molecule has 0 aromatic carbocycles. The molecule has 0 rings (SSSR count). The topological polar surface area (TPSA) is 78.9 Å². The average molecular weight is 919 g/mol. The van der Waals surface area contributed by atoms with E-state index in [-0.39, 0.29) is 50.4 Å². The van der Waals surface area contributed by atoms with Gasteiger partial charge in [0.25, 0.3) is 0 Å². The normalized spacial score (nSPS) is 13.5. The van der Waals surface area contributed by atoms with Gasteiger partial charge in [0.15, 0.2) is 6.10 Å². The maximum atomic E-state index is 12.8. The Labute approximate surface area is 409 Å². The van der Waals surface area contributed by atoms with Crippen molar-refractivity contribution in [2.45, 2.75) is 181 Å². The molecular formula is C61H90O6. The first-order valence-electron chi connectivity index (χ1n) is 25.7. The fourth-order valence-electron chi connectivity index (χ4n) is 6.04. The largest absolute Gasteiger partial charge is 0.462 e. The molecule has 0 bridgehead atoms. The maximum absolute atomic E-state index is 12.8. The molecule has 0 radical (unpaired) electrons. The van der Waals surface area contributed by atoms with E-state index in [1.54, 1.807) is 0 Å². The quantitative estimate of drug-likeness (QED) is 0.0199. The van der Waals surface area contributed by atoms with Gasteiger partial charge in [-0.05, 0) is 109 Å². The SMILES string of the molecule is CC/C=C\C/C=C\C/C=C\C/C=C\C/C=C\C/C=C\CCC(=O)OCC(COC(=O)CCCC/C=C\C/C=C\C/C=C\CC)OC(=O)CCCCCCC\C=C/C=C\C=C/C=C\C=C/CCC. The Morgan fingerprint density at radius 1 is 0.328 bits per heavy atom. The summed E-state index contributed by atoms with van der Waals surface area (Å²) in [6.07, 6.45) is 79.2. The van der Waals surface area contributed by atoms with Crippen molar-refractivity contribution in [3.8, 4) is 0 Å². The lowest BCUT2D eigenvalue weighted by atomic mass is 10.1. The lowest BCUT2D eigenvalue weighted by molar-refractivity contribution is -0.166. The van der Waals surface area contributed by atoms with Crippen LogP contribution in [0.25, 0.3) is 0 Å². The Morgan fingerprint density at radius 2 is 0.672 bits per heavy atom. The summed E-state index contributed by atoms with van der Waals surface area (Å²) >= 11 is 0. The number of hydrogen-bond donors (Lipinski definition) is 0. The maximum Gasteiger partial charge on any atom is 0.306 e. The third-order valence-corrected chi connectivity index (χ3v) is 9.81. The van der Waals surface area contributed by atoms with Crippen LogP contribution in [0.1, 0.15) is 175 Å². The smallest absolute Gasteiger partial charge is 0.306 e. The van der Waals surface area contributed by atoms with Crippen molar-refractivity contribution in [3.63, 3.8) is 0 Å². The Hall–Kier alpha value is -5.23. The third-order valence-electron chi connectivity index (χ3n) is 9.81. The lowest BCUT2D eigenvalue weighted by Crippen LogP contribution is -2.30. The highest BCUT2D eigenvalue weighted by atomic mass is 16.6. The van der Waals surface area contributed by atoms with E-state index in [2.05, 4.69) is 142 Å². The minimum Gasteiger partial charge on any atom is -0.462 e. The Bertz CT molecular complexity index is 1620. The first-order chi connectivity index (χ1) is 33.0. The van der Waals surface area contributed by atoms with E-state index in [4.69, 9.17) is 14.2 Å². The minimum atomic E-state index is -0.847. The van der Waals surface area contributed by atoms with E-state index in [1.165, 1.54) is 6.42 Å². The highest BCUT2D eigenvalue weighted by Crippen LogP contribution is 2.11. The fourth-order valence-corrected chi connectivity index (χ4v) is 6.04. The molecule has 0 saturated heterocycles. The van der Waals surface area contributed by atoms with Gasteiger partial charge in [-0.15, -0.1) is 0 Å². The van der Waals surface area contributed by atoms with Crippen LogP contribution >= 0.6 is 0 Å². The van der Waals surface area contributed by atoms with Gasteiger partial charge in [0.1, 0.15) is 13.2 Å².